The van der Waals surface area contributed by atoms with E-state index in [1.165, 1.54) is 0 Å². The van der Waals surface area contributed by atoms with E-state index in [0.717, 1.165) is 22.3 Å². The van der Waals surface area contributed by atoms with E-state index in [4.69, 9.17) is 14.2 Å². The van der Waals surface area contributed by atoms with Crippen molar-refractivity contribution in [3.63, 3.8) is 0 Å². The van der Waals surface area contributed by atoms with Gasteiger partial charge < -0.3 is 14.2 Å². The summed E-state index contributed by atoms with van der Waals surface area (Å²) in [4.78, 5) is 14.9. The minimum atomic E-state index is -0.919. The summed E-state index contributed by atoms with van der Waals surface area (Å²) in [7, 11) is 0. The van der Waals surface area contributed by atoms with Gasteiger partial charge >= 0.3 is 6.09 Å². The number of nitrogens with zero attached hydrogens (tertiary/aromatic N) is 1. The molecule has 5 rings (SSSR count). The number of hydrogen-bond acceptors (Lipinski definition) is 4. The molecule has 5 heteroatoms. The van der Waals surface area contributed by atoms with Crippen LogP contribution in [0.3, 0.4) is 0 Å². The highest BCUT2D eigenvalue weighted by atomic mass is 16.6. The minimum absolute atomic E-state index is 0.239. The van der Waals surface area contributed by atoms with E-state index < -0.39 is 23.0 Å². The fraction of sp³-hybridized carbons (Fsp3) is 0.308. The fourth-order valence-electron chi connectivity index (χ4n) is 5.95. The van der Waals surface area contributed by atoms with Gasteiger partial charge in [0.1, 0.15) is 17.4 Å². The molecular weight excluding hydrogens is 546 g/mol. The highest BCUT2D eigenvalue weighted by Crippen LogP contribution is 2.42. The third kappa shape index (κ3) is 6.89. The molecule has 0 aliphatic carbocycles. The average Bonchev–Trinajstić information content (AvgIpc) is 3.28. The predicted molar refractivity (Wildman–Crippen MR) is 174 cm³/mol. The Labute approximate surface area is 261 Å². The molecule has 4 aromatic carbocycles. The molecule has 0 unspecified atom stereocenters. The number of amides is 1. The monoisotopic (exact) mass is 587 g/mol. The van der Waals surface area contributed by atoms with Crippen LogP contribution in [0.4, 0.5) is 4.79 Å². The van der Waals surface area contributed by atoms with Crippen LogP contribution in [0.1, 0.15) is 62.8 Å². The van der Waals surface area contributed by atoms with Crippen LogP contribution in [0.2, 0.25) is 0 Å². The van der Waals surface area contributed by atoms with E-state index in [0.29, 0.717) is 19.4 Å². The molecule has 1 heterocycles. The second kappa shape index (κ2) is 13.5. The molecular formula is C39H41NO4. The SMILES string of the molecule is CC1(C)COC(C)(C)N1C(=O)OCCC[C@H](C#Cc1ccccc1)OC(c1ccccc1)(c1ccccc1)c1ccccc1. The third-order valence-corrected chi connectivity index (χ3v) is 7.95. The van der Waals surface area contributed by atoms with Crippen LogP contribution in [0.25, 0.3) is 0 Å². The molecule has 1 aliphatic heterocycles. The maximum Gasteiger partial charge on any atom is 0.412 e. The zero-order valence-electron chi connectivity index (χ0n) is 26.0. The van der Waals surface area contributed by atoms with Crippen molar-refractivity contribution in [2.45, 2.75) is 63.5 Å². The van der Waals surface area contributed by atoms with Crippen LogP contribution < -0.4 is 0 Å². The van der Waals surface area contributed by atoms with Crippen molar-refractivity contribution in [3.8, 4) is 11.8 Å². The number of carbonyl (C=O) groups excluding carboxylic acids is 1. The Bertz CT molecular complexity index is 1450. The molecule has 1 atom stereocenters. The second-order valence-electron chi connectivity index (χ2n) is 12.2. The molecule has 0 bridgehead atoms. The van der Waals surface area contributed by atoms with Crippen molar-refractivity contribution < 1.29 is 19.0 Å². The highest BCUT2D eigenvalue weighted by Gasteiger charge is 2.49. The Morgan fingerprint density at radius 2 is 1.27 bits per heavy atom. The largest absolute Gasteiger partial charge is 0.449 e. The molecule has 0 N–H and O–H groups in total. The van der Waals surface area contributed by atoms with Crippen molar-refractivity contribution in [3.05, 3.63) is 144 Å². The molecule has 1 fully saturated rings. The van der Waals surface area contributed by atoms with E-state index >= 15 is 0 Å². The third-order valence-electron chi connectivity index (χ3n) is 7.95. The Morgan fingerprint density at radius 1 is 0.795 bits per heavy atom. The van der Waals surface area contributed by atoms with Gasteiger partial charge in [-0.1, -0.05) is 121 Å². The van der Waals surface area contributed by atoms with Crippen molar-refractivity contribution in [1.82, 2.24) is 4.90 Å². The molecule has 226 valence electrons. The lowest BCUT2D eigenvalue weighted by atomic mass is 9.80. The number of ether oxygens (including phenoxy) is 3. The average molecular weight is 588 g/mol. The van der Waals surface area contributed by atoms with Crippen LogP contribution in [-0.4, -0.2) is 41.6 Å². The molecule has 0 saturated carbocycles. The summed E-state index contributed by atoms with van der Waals surface area (Å²) in [6.45, 7) is 8.46. The molecule has 0 radical (unpaired) electrons. The smallest absolute Gasteiger partial charge is 0.412 e. The fourth-order valence-corrected chi connectivity index (χ4v) is 5.95. The van der Waals surface area contributed by atoms with Gasteiger partial charge in [-0.05, 0) is 69.4 Å². The maximum atomic E-state index is 13.2. The number of carbonyl (C=O) groups is 1. The van der Waals surface area contributed by atoms with E-state index in [9.17, 15) is 4.79 Å². The normalized spacial score (nSPS) is 16.0. The van der Waals surface area contributed by atoms with Gasteiger partial charge in [-0.15, -0.1) is 0 Å². The van der Waals surface area contributed by atoms with Gasteiger partial charge in [0.05, 0.1) is 18.8 Å². The standard InChI is InChI=1S/C39H41NO4/c1-37(2)30-43-38(3,4)40(37)36(41)42-29-17-26-35(28-27-31-18-9-5-10-19-31)44-39(32-20-11-6-12-21-32,33-22-13-7-14-23-33)34-24-15-8-16-25-34/h5-16,18-25,35H,17,26,29-30H2,1-4H3/t35-/m1/s1. The maximum absolute atomic E-state index is 13.2. The summed E-state index contributed by atoms with van der Waals surface area (Å²) in [6, 6.07) is 40.8. The molecule has 1 amide bonds. The zero-order chi connectivity index (χ0) is 31.0. The van der Waals surface area contributed by atoms with Gasteiger partial charge in [0.2, 0.25) is 0 Å². The van der Waals surface area contributed by atoms with E-state index in [1.807, 2.05) is 113 Å². The number of rotatable bonds is 9. The highest BCUT2D eigenvalue weighted by molar-refractivity contribution is 5.70. The van der Waals surface area contributed by atoms with Gasteiger partial charge in [0.25, 0.3) is 0 Å². The summed E-state index contributed by atoms with van der Waals surface area (Å²) in [6.07, 6.45) is 0.282. The summed E-state index contributed by atoms with van der Waals surface area (Å²) < 4.78 is 18.9. The molecule has 0 spiro atoms. The second-order valence-corrected chi connectivity index (χ2v) is 12.2. The molecule has 1 aliphatic rings. The molecule has 0 aromatic heterocycles. The van der Waals surface area contributed by atoms with Crippen LogP contribution in [0.15, 0.2) is 121 Å². The summed E-state index contributed by atoms with van der Waals surface area (Å²) in [5.41, 5.74) is 1.84. The van der Waals surface area contributed by atoms with Crippen molar-refractivity contribution in [1.29, 1.82) is 0 Å². The van der Waals surface area contributed by atoms with Crippen LogP contribution in [0.5, 0.6) is 0 Å². The summed E-state index contributed by atoms with van der Waals surface area (Å²) in [5, 5.41) is 0. The molecule has 1 saturated heterocycles. The minimum Gasteiger partial charge on any atom is -0.449 e. The lowest BCUT2D eigenvalue weighted by Crippen LogP contribution is -2.52. The Balaban J connectivity index is 1.46. The first kappa shape index (κ1) is 31.1. The van der Waals surface area contributed by atoms with Crippen LogP contribution >= 0.6 is 0 Å². The van der Waals surface area contributed by atoms with Gasteiger partial charge in [-0.3, -0.25) is 4.90 Å². The quantitative estimate of drug-likeness (QED) is 0.113. The molecule has 44 heavy (non-hydrogen) atoms. The number of benzene rings is 4. The van der Waals surface area contributed by atoms with Crippen LogP contribution in [0, 0.1) is 11.8 Å². The van der Waals surface area contributed by atoms with Gasteiger partial charge in [-0.25, -0.2) is 4.79 Å². The Morgan fingerprint density at radius 3 is 1.73 bits per heavy atom. The van der Waals surface area contributed by atoms with Gasteiger partial charge in [0.15, 0.2) is 0 Å². The van der Waals surface area contributed by atoms with E-state index in [-0.39, 0.29) is 12.7 Å². The van der Waals surface area contributed by atoms with Crippen molar-refractivity contribution in [2.24, 2.45) is 0 Å². The van der Waals surface area contributed by atoms with Crippen molar-refractivity contribution >= 4 is 6.09 Å². The first-order chi connectivity index (χ1) is 21.2. The summed E-state index contributed by atoms with van der Waals surface area (Å²) in [5.74, 6) is 6.76. The van der Waals surface area contributed by atoms with Crippen LogP contribution in [-0.2, 0) is 19.8 Å². The predicted octanol–water partition coefficient (Wildman–Crippen LogP) is 8.18. The Kier molecular flexibility index (Phi) is 9.54. The van der Waals surface area contributed by atoms with E-state index in [1.54, 1.807) is 4.90 Å². The lowest BCUT2D eigenvalue weighted by molar-refractivity contribution is -0.0534. The number of hydrogen-bond donors (Lipinski definition) is 0. The van der Waals surface area contributed by atoms with Gasteiger partial charge in [-0.2, -0.15) is 0 Å². The van der Waals surface area contributed by atoms with Gasteiger partial charge in [0, 0.05) is 5.56 Å². The first-order valence-corrected chi connectivity index (χ1v) is 15.2. The molecule has 5 nitrogen and oxygen atoms in total. The zero-order valence-corrected chi connectivity index (χ0v) is 26.0. The van der Waals surface area contributed by atoms with E-state index in [2.05, 4.69) is 48.2 Å². The molecule has 4 aromatic rings. The first-order valence-electron chi connectivity index (χ1n) is 15.2. The summed E-state index contributed by atoms with van der Waals surface area (Å²) >= 11 is 0. The lowest BCUT2D eigenvalue weighted by Gasteiger charge is -2.38. The topological polar surface area (TPSA) is 48.0 Å². The Hall–Kier alpha value is -4.37. The van der Waals surface area contributed by atoms with Crippen molar-refractivity contribution in [2.75, 3.05) is 13.2 Å².